The number of carbonyl (C=O) groups excluding carboxylic acids is 1. The highest BCUT2D eigenvalue weighted by Gasteiger charge is 2.20. The van der Waals surface area contributed by atoms with E-state index in [1.807, 2.05) is 52.0 Å². The molecule has 0 spiro atoms. The van der Waals surface area contributed by atoms with Crippen LogP contribution < -0.4 is 5.32 Å². The number of nitrogens with one attached hydrogen (secondary N) is 1. The molecule has 0 atom stereocenters. The van der Waals surface area contributed by atoms with E-state index < -0.39 is 0 Å². The van der Waals surface area contributed by atoms with E-state index in [2.05, 4.69) is 15.4 Å². The molecule has 5 nitrogen and oxygen atoms in total. The summed E-state index contributed by atoms with van der Waals surface area (Å²) in [6.45, 7) is 7.87. The topological polar surface area (TPSA) is 59.8 Å². The number of fused-ring (bicyclic) bond motifs is 1. The summed E-state index contributed by atoms with van der Waals surface area (Å²) in [7, 11) is 0. The van der Waals surface area contributed by atoms with Gasteiger partial charge in [-0.1, -0.05) is 54.7 Å². The predicted octanol–water partition coefficient (Wildman–Crippen LogP) is 6.62. The first-order valence-corrected chi connectivity index (χ1v) is 10.4. The Balaban J connectivity index is 0.00000124. The molecule has 7 heteroatoms. The van der Waals surface area contributed by atoms with Gasteiger partial charge in [-0.25, -0.2) is 9.67 Å². The number of hydrogen-bond acceptors (Lipinski definition) is 3. The van der Waals surface area contributed by atoms with Crippen molar-refractivity contribution in [3.8, 4) is 5.69 Å². The Morgan fingerprint density at radius 3 is 2.23 bits per heavy atom. The normalized spacial score (nSPS) is 10.5. The number of hydrogen-bond donors (Lipinski definition) is 1. The smallest absolute Gasteiger partial charge is 0.258 e. The van der Waals surface area contributed by atoms with Gasteiger partial charge in [0.15, 0.2) is 5.65 Å². The van der Waals surface area contributed by atoms with Crippen LogP contribution in [0, 0.1) is 13.8 Å². The summed E-state index contributed by atoms with van der Waals surface area (Å²) in [6, 6.07) is 14.8. The fraction of sp³-hybridized carbons (Fsp3) is 0.174. The number of rotatable bonds is 3. The van der Waals surface area contributed by atoms with Crippen molar-refractivity contribution in [3.63, 3.8) is 0 Å². The standard InChI is InChI=1S/C21H16Cl2N4O.C2H6/c1-12-3-9-16(10-4-12)27-20-18(13(2)26-27)19(23)17(11-24-20)21(28)25-15-7-5-14(22)6-8-15;1-2/h3-11H,1-2H3,(H,25,28);1-2H3. The molecular formula is C23H22Cl2N4O. The van der Waals surface area contributed by atoms with Gasteiger partial charge in [-0.3, -0.25) is 4.79 Å². The minimum absolute atomic E-state index is 0.288. The number of halogens is 2. The number of aryl methyl sites for hydroxylation is 2. The third-order valence-corrected chi connectivity index (χ3v) is 5.08. The number of amides is 1. The zero-order valence-corrected chi connectivity index (χ0v) is 18.7. The predicted molar refractivity (Wildman–Crippen MR) is 124 cm³/mol. The van der Waals surface area contributed by atoms with E-state index >= 15 is 0 Å². The van der Waals surface area contributed by atoms with Crippen LogP contribution >= 0.6 is 23.2 Å². The van der Waals surface area contributed by atoms with Crippen LogP contribution in [-0.2, 0) is 0 Å². The van der Waals surface area contributed by atoms with E-state index in [-0.39, 0.29) is 11.5 Å². The van der Waals surface area contributed by atoms with E-state index in [1.54, 1.807) is 28.9 Å². The molecule has 0 saturated heterocycles. The van der Waals surface area contributed by atoms with Crippen molar-refractivity contribution in [1.29, 1.82) is 0 Å². The summed E-state index contributed by atoms with van der Waals surface area (Å²) in [5.41, 5.74) is 4.26. The quantitative estimate of drug-likeness (QED) is 0.389. The van der Waals surface area contributed by atoms with E-state index in [1.165, 1.54) is 6.20 Å². The summed E-state index contributed by atoms with van der Waals surface area (Å²) >= 11 is 12.5. The summed E-state index contributed by atoms with van der Waals surface area (Å²) in [5.74, 6) is -0.343. The maximum Gasteiger partial charge on any atom is 0.258 e. The van der Waals surface area contributed by atoms with Crippen LogP contribution in [-0.4, -0.2) is 20.7 Å². The largest absolute Gasteiger partial charge is 0.322 e. The number of carbonyl (C=O) groups is 1. The van der Waals surface area contributed by atoms with Crippen LogP contribution in [0.2, 0.25) is 10.0 Å². The van der Waals surface area contributed by atoms with E-state index in [4.69, 9.17) is 23.2 Å². The molecule has 0 unspecified atom stereocenters. The van der Waals surface area contributed by atoms with Gasteiger partial charge in [-0.2, -0.15) is 5.10 Å². The Hall–Kier alpha value is -2.89. The van der Waals surface area contributed by atoms with Gasteiger partial charge >= 0.3 is 0 Å². The average molecular weight is 441 g/mol. The summed E-state index contributed by atoms with van der Waals surface area (Å²) in [5, 5.41) is 8.95. The van der Waals surface area contributed by atoms with Crippen molar-refractivity contribution in [1.82, 2.24) is 14.8 Å². The molecule has 0 bridgehead atoms. The van der Waals surface area contributed by atoms with Crippen molar-refractivity contribution < 1.29 is 4.79 Å². The lowest BCUT2D eigenvalue weighted by molar-refractivity contribution is 0.102. The van der Waals surface area contributed by atoms with Crippen LogP contribution in [0.1, 0.15) is 35.5 Å². The Bertz CT molecular complexity index is 1180. The first kappa shape index (κ1) is 21.8. The van der Waals surface area contributed by atoms with Crippen molar-refractivity contribution in [3.05, 3.63) is 81.6 Å². The first-order valence-electron chi connectivity index (χ1n) is 9.62. The zero-order chi connectivity index (χ0) is 21.8. The number of benzene rings is 2. The Morgan fingerprint density at radius 2 is 1.60 bits per heavy atom. The number of nitrogens with zero attached hydrogens (tertiary/aromatic N) is 3. The van der Waals surface area contributed by atoms with Gasteiger partial charge in [-0.05, 0) is 50.2 Å². The number of pyridine rings is 1. The van der Waals surface area contributed by atoms with Crippen LogP contribution in [0.5, 0.6) is 0 Å². The molecule has 2 aromatic carbocycles. The van der Waals surface area contributed by atoms with Gasteiger partial charge in [0, 0.05) is 16.9 Å². The van der Waals surface area contributed by atoms with Gasteiger partial charge in [-0.15, -0.1) is 0 Å². The van der Waals surface area contributed by atoms with Gasteiger partial charge in [0.2, 0.25) is 0 Å². The van der Waals surface area contributed by atoms with Crippen LogP contribution in [0.4, 0.5) is 5.69 Å². The third kappa shape index (κ3) is 4.32. The number of aromatic nitrogens is 3. The monoisotopic (exact) mass is 440 g/mol. The van der Waals surface area contributed by atoms with Gasteiger partial charge in [0.05, 0.1) is 27.4 Å². The minimum Gasteiger partial charge on any atom is -0.322 e. The first-order chi connectivity index (χ1) is 14.4. The van der Waals surface area contributed by atoms with Crippen LogP contribution in [0.3, 0.4) is 0 Å². The van der Waals surface area contributed by atoms with Crippen molar-refractivity contribution in [2.75, 3.05) is 5.32 Å². The highest BCUT2D eigenvalue weighted by atomic mass is 35.5. The molecule has 0 aliphatic carbocycles. The molecule has 30 heavy (non-hydrogen) atoms. The molecular weight excluding hydrogens is 419 g/mol. The van der Waals surface area contributed by atoms with Gasteiger partial charge < -0.3 is 5.32 Å². The van der Waals surface area contributed by atoms with Crippen molar-refractivity contribution in [2.24, 2.45) is 0 Å². The SMILES string of the molecule is CC.Cc1ccc(-n2nc(C)c3c(Cl)c(C(=O)Nc4ccc(Cl)cc4)cnc32)cc1. The summed E-state index contributed by atoms with van der Waals surface area (Å²) in [4.78, 5) is 17.2. The molecule has 0 radical (unpaired) electrons. The van der Waals surface area contributed by atoms with E-state index in [0.717, 1.165) is 11.3 Å². The molecule has 154 valence electrons. The highest BCUT2D eigenvalue weighted by Crippen LogP contribution is 2.30. The molecule has 4 rings (SSSR count). The minimum atomic E-state index is -0.343. The zero-order valence-electron chi connectivity index (χ0n) is 17.2. The summed E-state index contributed by atoms with van der Waals surface area (Å²) in [6.07, 6.45) is 1.47. The molecule has 0 aliphatic heterocycles. The van der Waals surface area contributed by atoms with Crippen LogP contribution in [0.25, 0.3) is 16.7 Å². The summed E-state index contributed by atoms with van der Waals surface area (Å²) < 4.78 is 1.73. The Morgan fingerprint density at radius 1 is 0.967 bits per heavy atom. The third-order valence-electron chi connectivity index (χ3n) is 4.43. The van der Waals surface area contributed by atoms with E-state index in [0.29, 0.717) is 32.5 Å². The second-order valence-corrected chi connectivity index (χ2v) is 7.29. The van der Waals surface area contributed by atoms with Crippen molar-refractivity contribution >= 4 is 45.8 Å². The lowest BCUT2D eigenvalue weighted by Crippen LogP contribution is -2.13. The Labute approximate surface area is 185 Å². The average Bonchev–Trinajstić information content (AvgIpc) is 3.09. The van der Waals surface area contributed by atoms with Gasteiger partial charge in [0.1, 0.15) is 0 Å². The second kappa shape index (κ2) is 9.28. The maximum atomic E-state index is 12.7. The molecule has 4 aromatic rings. The number of anilines is 1. The van der Waals surface area contributed by atoms with Crippen LogP contribution in [0.15, 0.2) is 54.7 Å². The molecule has 0 saturated carbocycles. The molecule has 1 N–H and O–H groups in total. The molecule has 0 fully saturated rings. The molecule has 2 heterocycles. The fourth-order valence-electron chi connectivity index (χ4n) is 2.96. The van der Waals surface area contributed by atoms with Gasteiger partial charge in [0.25, 0.3) is 5.91 Å². The van der Waals surface area contributed by atoms with E-state index in [9.17, 15) is 4.79 Å². The second-order valence-electron chi connectivity index (χ2n) is 6.48. The fourth-order valence-corrected chi connectivity index (χ4v) is 3.45. The lowest BCUT2D eigenvalue weighted by atomic mass is 10.2. The molecule has 1 amide bonds. The Kier molecular flexibility index (Phi) is 6.75. The highest BCUT2D eigenvalue weighted by molar-refractivity contribution is 6.39. The van der Waals surface area contributed by atoms with Crippen molar-refractivity contribution in [2.45, 2.75) is 27.7 Å². The lowest BCUT2D eigenvalue weighted by Gasteiger charge is -2.08. The molecule has 0 aliphatic rings. The maximum absolute atomic E-state index is 12.7. The molecule has 2 aromatic heterocycles.